The lowest BCUT2D eigenvalue weighted by Crippen LogP contribution is -2.51. The minimum Gasteiger partial charge on any atom is -0.375 e. The minimum atomic E-state index is -0.0922. The summed E-state index contributed by atoms with van der Waals surface area (Å²) in [6.07, 6.45) is 5.12. The van der Waals surface area contributed by atoms with E-state index in [1.807, 2.05) is 0 Å². The van der Waals surface area contributed by atoms with E-state index in [1.54, 1.807) is 29.9 Å². The number of carbonyl (C=O) groups excluding carboxylic acids is 2. The Bertz CT molecular complexity index is 796. The fourth-order valence-corrected chi connectivity index (χ4v) is 3.38. The lowest BCUT2D eigenvalue weighted by atomic mass is 10.0. The highest BCUT2D eigenvalue weighted by atomic mass is 16.5. The normalized spacial score (nSPS) is 16.8. The molecule has 10 nitrogen and oxygen atoms in total. The Labute approximate surface area is 162 Å². The highest BCUT2D eigenvalue weighted by Gasteiger charge is 2.30. The molecule has 1 unspecified atom stereocenters. The van der Waals surface area contributed by atoms with E-state index in [4.69, 9.17) is 9.26 Å². The third kappa shape index (κ3) is 4.89. The van der Waals surface area contributed by atoms with Crippen molar-refractivity contribution in [2.24, 2.45) is 0 Å². The fourth-order valence-electron chi connectivity index (χ4n) is 3.38. The van der Waals surface area contributed by atoms with E-state index in [9.17, 15) is 9.59 Å². The molecule has 0 saturated carbocycles. The van der Waals surface area contributed by atoms with Gasteiger partial charge in [0, 0.05) is 46.1 Å². The molecule has 0 bridgehead atoms. The summed E-state index contributed by atoms with van der Waals surface area (Å²) in [5.74, 6) is 0.813. The van der Waals surface area contributed by atoms with Crippen molar-refractivity contribution >= 4 is 11.8 Å². The largest absolute Gasteiger partial charge is 0.375 e. The predicted octanol–water partition coefficient (Wildman–Crippen LogP) is 0.702. The SMILES string of the molecule is COCc1nc(CCN(C(C)=O)C2CCCN(C(=O)c3ccnnc3)C2)no1. The van der Waals surface area contributed by atoms with Crippen molar-refractivity contribution in [2.45, 2.75) is 38.8 Å². The fraction of sp³-hybridized carbons (Fsp3) is 0.556. The highest BCUT2D eigenvalue weighted by Crippen LogP contribution is 2.18. The number of hydrogen-bond donors (Lipinski definition) is 0. The summed E-state index contributed by atoms with van der Waals surface area (Å²) in [6, 6.07) is 1.60. The maximum absolute atomic E-state index is 12.7. The molecule has 1 aliphatic heterocycles. The van der Waals surface area contributed by atoms with Crippen LogP contribution in [0.3, 0.4) is 0 Å². The van der Waals surface area contributed by atoms with Crippen molar-refractivity contribution in [3.05, 3.63) is 35.7 Å². The summed E-state index contributed by atoms with van der Waals surface area (Å²) >= 11 is 0. The van der Waals surface area contributed by atoms with E-state index in [0.717, 1.165) is 12.8 Å². The number of nitrogens with zero attached hydrogens (tertiary/aromatic N) is 6. The lowest BCUT2D eigenvalue weighted by Gasteiger charge is -2.39. The van der Waals surface area contributed by atoms with Gasteiger partial charge in [-0.3, -0.25) is 9.59 Å². The zero-order chi connectivity index (χ0) is 19.9. The molecule has 0 aliphatic carbocycles. The van der Waals surface area contributed by atoms with E-state index < -0.39 is 0 Å². The number of rotatable bonds is 7. The Balaban J connectivity index is 1.62. The van der Waals surface area contributed by atoms with E-state index in [0.29, 0.717) is 43.3 Å². The van der Waals surface area contributed by atoms with E-state index in [2.05, 4.69) is 20.3 Å². The minimum absolute atomic E-state index is 0.0366. The quantitative estimate of drug-likeness (QED) is 0.681. The first-order valence-electron chi connectivity index (χ1n) is 9.22. The van der Waals surface area contributed by atoms with Gasteiger partial charge in [0.2, 0.25) is 5.91 Å². The van der Waals surface area contributed by atoms with Crippen LogP contribution in [0.1, 0.15) is 41.8 Å². The number of likely N-dealkylation sites (tertiary alicyclic amines) is 1. The number of aromatic nitrogens is 4. The zero-order valence-electron chi connectivity index (χ0n) is 16.1. The van der Waals surface area contributed by atoms with E-state index in [1.165, 1.54) is 12.4 Å². The van der Waals surface area contributed by atoms with Crippen molar-refractivity contribution < 1.29 is 18.8 Å². The van der Waals surface area contributed by atoms with Crippen LogP contribution < -0.4 is 0 Å². The van der Waals surface area contributed by atoms with Gasteiger partial charge in [0.05, 0.1) is 18.0 Å². The smallest absolute Gasteiger partial charge is 0.255 e. The molecule has 2 aromatic rings. The van der Waals surface area contributed by atoms with Crippen molar-refractivity contribution in [1.29, 1.82) is 0 Å². The number of carbonyl (C=O) groups is 2. The average molecular weight is 388 g/mol. The highest BCUT2D eigenvalue weighted by molar-refractivity contribution is 5.93. The van der Waals surface area contributed by atoms with Gasteiger partial charge in [0.1, 0.15) is 6.61 Å². The summed E-state index contributed by atoms with van der Waals surface area (Å²) in [4.78, 5) is 32.7. The van der Waals surface area contributed by atoms with Gasteiger partial charge in [-0.2, -0.15) is 15.2 Å². The summed E-state index contributed by atoms with van der Waals surface area (Å²) in [7, 11) is 1.56. The summed E-state index contributed by atoms with van der Waals surface area (Å²) in [5, 5.41) is 11.4. The molecule has 28 heavy (non-hydrogen) atoms. The topological polar surface area (TPSA) is 115 Å². The van der Waals surface area contributed by atoms with Gasteiger partial charge in [0.25, 0.3) is 11.8 Å². The van der Waals surface area contributed by atoms with Gasteiger partial charge in [-0.15, -0.1) is 0 Å². The van der Waals surface area contributed by atoms with Crippen molar-refractivity contribution in [2.75, 3.05) is 26.7 Å². The molecule has 2 aromatic heterocycles. The van der Waals surface area contributed by atoms with Crippen LogP contribution in [0, 0.1) is 0 Å². The van der Waals surface area contributed by atoms with Crippen LogP contribution in [-0.2, 0) is 22.6 Å². The number of ether oxygens (including phenoxy) is 1. The van der Waals surface area contributed by atoms with Gasteiger partial charge in [-0.05, 0) is 18.9 Å². The molecule has 0 N–H and O–H groups in total. The summed E-state index contributed by atoms with van der Waals surface area (Å²) in [6.45, 7) is 3.41. The molecule has 1 saturated heterocycles. The average Bonchev–Trinajstić information content (AvgIpc) is 3.16. The van der Waals surface area contributed by atoms with Crippen LogP contribution in [0.5, 0.6) is 0 Å². The van der Waals surface area contributed by atoms with Gasteiger partial charge in [-0.1, -0.05) is 5.16 Å². The number of hydrogen-bond acceptors (Lipinski definition) is 8. The Kier molecular flexibility index (Phi) is 6.64. The van der Waals surface area contributed by atoms with Gasteiger partial charge < -0.3 is 19.1 Å². The van der Waals surface area contributed by atoms with Crippen LogP contribution in [0.2, 0.25) is 0 Å². The van der Waals surface area contributed by atoms with E-state index in [-0.39, 0.29) is 24.5 Å². The molecule has 1 aliphatic rings. The Morgan fingerprint density at radius 3 is 2.96 bits per heavy atom. The standard InChI is InChI=1S/C18H24N6O4/c1-13(25)24(9-6-16-21-17(12-27-2)28-22-16)15-4-3-8-23(11-15)18(26)14-5-7-19-20-10-14/h5,7,10,15H,3-4,6,8-9,11-12H2,1-2H3. The van der Waals surface area contributed by atoms with Crippen molar-refractivity contribution in [3.63, 3.8) is 0 Å². The second-order valence-corrected chi connectivity index (χ2v) is 6.68. The monoisotopic (exact) mass is 388 g/mol. The molecule has 3 rings (SSSR count). The lowest BCUT2D eigenvalue weighted by molar-refractivity contribution is -0.132. The molecule has 0 aromatic carbocycles. The molecule has 1 atom stereocenters. The third-order valence-electron chi connectivity index (χ3n) is 4.71. The molecule has 0 radical (unpaired) electrons. The van der Waals surface area contributed by atoms with Crippen LogP contribution in [0.15, 0.2) is 23.0 Å². The molecule has 1 fully saturated rings. The third-order valence-corrected chi connectivity index (χ3v) is 4.71. The Morgan fingerprint density at radius 1 is 1.39 bits per heavy atom. The first kappa shape index (κ1) is 19.9. The number of methoxy groups -OCH3 is 1. The molecule has 150 valence electrons. The first-order chi connectivity index (χ1) is 13.6. The van der Waals surface area contributed by atoms with Crippen molar-refractivity contribution in [3.8, 4) is 0 Å². The summed E-state index contributed by atoms with van der Waals surface area (Å²) in [5.41, 5.74) is 0.502. The molecule has 3 heterocycles. The summed E-state index contributed by atoms with van der Waals surface area (Å²) < 4.78 is 10.1. The van der Waals surface area contributed by atoms with Gasteiger partial charge in [0.15, 0.2) is 5.82 Å². The predicted molar refractivity (Wildman–Crippen MR) is 97.1 cm³/mol. The molecule has 2 amide bonds. The van der Waals surface area contributed by atoms with Crippen LogP contribution in [-0.4, -0.2) is 74.7 Å². The van der Waals surface area contributed by atoms with Gasteiger partial charge >= 0.3 is 0 Å². The molecule has 0 spiro atoms. The Hall–Kier alpha value is -2.88. The second-order valence-electron chi connectivity index (χ2n) is 6.68. The van der Waals surface area contributed by atoms with Gasteiger partial charge in [-0.25, -0.2) is 0 Å². The van der Waals surface area contributed by atoms with Crippen molar-refractivity contribution in [1.82, 2.24) is 30.1 Å². The maximum atomic E-state index is 12.7. The molecular weight excluding hydrogens is 364 g/mol. The van der Waals surface area contributed by atoms with Crippen LogP contribution in [0.4, 0.5) is 0 Å². The molecule has 10 heteroatoms. The maximum Gasteiger partial charge on any atom is 0.255 e. The first-order valence-corrected chi connectivity index (χ1v) is 9.22. The van der Waals surface area contributed by atoms with E-state index >= 15 is 0 Å². The number of amides is 2. The second kappa shape index (κ2) is 9.36. The molecular formula is C18H24N6O4. The Morgan fingerprint density at radius 2 is 2.25 bits per heavy atom. The van der Waals surface area contributed by atoms with Crippen LogP contribution >= 0.6 is 0 Å². The zero-order valence-corrected chi connectivity index (χ0v) is 16.1. The number of piperidine rings is 1. The van der Waals surface area contributed by atoms with Crippen LogP contribution in [0.25, 0.3) is 0 Å².